The summed E-state index contributed by atoms with van der Waals surface area (Å²) in [5, 5.41) is 19.5. The Morgan fingerprint density at radius 2 is 2.16 bits per heavy atom. The molecule has 19 heavy (non-hydrogen) atoms. The van der Waals surface area contributed by atoms with Crippen LogP contribution >= 0.6 is 0 Å². The minimum absolute atomic E-state index is 0.0521. The van der Waals surface area contributed by atoms with Gasteiger partial charge in [-0.05, 0) is 18.2 Å². The van der Waals surface area contributed by atoms with Crippen molar-refractivity contribution >= 4 is 17.7 Å². The zero-order chi connectivity index (χ0) is 14.3. The van der Waals surface area contributed by atoms with Gasteiger partial charge in [0.15, 0.2) is 0 Å². The van der Waals surface area contributed by atoms with Crippen molar-refractivity contribution in [1.29, 1.82) is 5.26 Å². The summed E-state index contributed by atoms with van der Waals surface area (Å²) >= 11 is 0. The number of nitro benzene ring substituents is 1. The van der Waals surface area contributed by atoms with Gasteiger partial charge in [0.1, 0.15) is 11.6 Å². The SMILES string of the molecule is COC(=O)C(C#N)=CC=Cc1ccccc1[N+](=O)[O-]. The number of methoxy groups -OCH3 is 1. The van der Waals surface area contributed by atoms with Crippen molar-refractivity contribution in [3.8, 4) is 6.07 Å². The molecule has 0 aromatic heterocycles. The molecule has 6 nitrogen and oxygen atoms in total. The molecule has 0 radical (unpaired) electrons. The van der Waals surface area contributed by atoms with E-state index < -0.39 is 10.9 Å². The second kappa shape index (κ2) is 6.71. The molecule has 1 rings (SSSR count). The summed E-state index contributed by atoms with van der Waals surface area (Å²) in [6.07, 6.45) is 4.07. The molecule has 0 bridgehead atoms. The number of hydrogen-bond donors (Lipinski definition) is 0. The molecule has 0 heterocycles. The summed E-state index contributed by atoms with van der Waals surface area (Å²) in [6.45, 7) is 0. The third kappa shape index (κ3) is 3.78. The first-order chi connectivity index (χ1) is 9.10. The predicted molar refractivity (Wildman–Crippen MR) is 67.8 cm³/mol. The zero-order valence-corrected chi connectivity index (χ0v) is 10.1. The number of nitrogens with zero attached hydrogens (tertiary/aromatic N) is 2. The molecule has 0 fully saturated rings. The molecule has 1 aromatic rings. The summed E-state index contributed by atoms with van der Waals surface area (Å²) in [4.78, 5) is 21.4. The van der Waals surface area contributed by atoms with Crippen LogP contribution in [0.25, 0.3) is 6.08 Å². The monoisotopic (exact) mass is 258 g/mol. The summed E-state index contributed by atoms with van der Waals surface area (Å²) in [7, 11) is 1.17. The molecule has 1 aromatic carbocycles. The number of nitro groups is 1. The third-order valence-corrected chi connectivity index (χ3v) is 2.20. The largest absolute Gasteiger partial charge is 0.465 e. The second-order valence-electron chi connectivity index (χ2n) is 3.36. The molecule has 0 aliphatic rings. The number of allylic oxidation sites excluding steroid dienone is 2. The predicted octanol–water partition coefficient (Wildman–Crippen LogP) is 2.23. The smallest absolute Gasteiger partial charge is 0.348 e. The van der Waals surface area contributed by atoms with Gasteiger partial charge in [0.05, 0.1) is 17.6 Å². The van der Waals surface area contributed by atoms with Crippen LogP contribution in [0.3, 0.4) is 0 Å². The van der Waals surface area contributed by atoms with E-state index in [1.54, 1.807) is 24.3 Å². The highest BCUT2D eigenvalue weighted by Crippen LogP contribution is 2.19. The molecule has 96 valence electrons. The van der Waals surface area contributed by atoms with E-state index in [0.717, 1.165) is 0 Å². The van der Waals surface area contributed by atoms with Gasteiger partial charge >= 0.3 is 5.97 Å². The Bertz CT molecular complexity index is 597. The minimum Gasteiger partial charge on any atom is -0.465 e. The normalized spacial score (nSPS) is 11.1. The van der Waals surface area contributed by atoms with Crippen LogP contribution < -0.4 is 0 Å². The topological polar surface area (TPSA) is 93.2 Å². The number of esters is 1. The van der Waals surface area contributed by atoms with Crippen molar-refractivity contribution in [2.45, 2.75) is 0 Å². The lowest BCUT2D eigenvalue weighted by molar-refractivity contribution is -0.385. The fourth-order valence-corrected chi connectivity index (χ4v) is 1.30. The number of para-hydroxylation sites is 1. The second-order valence-corrected chi connectivity index (χ2v) is 3.36. The molecule has 0 N–H and O–H groups in total. The fourth-order valence-electron chi connectivity index (χ4n) is 1.30. The maximum atomic E-state index is 11.1. The van der Waals surface area contributed by atoms with E-state index in [1.807, 2.05) is 0 Å². The highest BCUT2D eigenvalue weighted by Gasteiger charge is 2.09. The fraction of sp³-hybridized carbons (Fsp3) is 0.0769. The highest BCUT2D eigenvalue weighted by atomic mass is 16.6. The first-order valence-corrected chi connectivity index (χ1v) is 5.20. The minimum atomic E-state index is -0.755. The van der Waals surface area contributed by atoms with Gasteiger partial charge in [0.25, 0.3) is 5.69 Å². The van der Waals surface area contributed by atoms with Gasteiger partial charge in [-0.15, -0.1) is 0 Å². The zero-order valence-electron chi connectivity index (χ0n) is 10.1. The molecule has 0 aliphatic heterocycles. The molecule has 0 unspecified atom stereocenters. The van der Waals surface area contributed by atoms with Crippen LogP contribution in [0.15, 0.2) is 42.0 Å². The molecule has 0 amide bonds. The van der Waals surface area contributed by atoms with Crippen molar-refractivity contribution in [2.75, 3.05) is 7.11 Å². The Balaban J connectivity index is 3.01. The molecule has 6 heteroatoms. The molecule has 0 atom stereocenters. The maximum Gasteiger partial charge on any atom is 0.348 e. The van der Waals surface area contributed by atoms with Crippen LogP contribution in [-0.4, -0.2) is 18.0 Å². The van der Waals surface area contributed by atoms with Gasteiger partial charge in [0, 0.05) is 6.07 Å². The number of ether oxygens (including phenoxy) is 1. The number of carbonyl (C=O) groups is 1. The molecule has 0 spiro atoms. The van der Waals surface area contributed by atoms with Crippen LogP contribution in [0.4, 0.5) is 5.69 Å². The van der Waals surface area contributed by atoms with E-state index >= 15 is 0 Å². The van der Waals surface area contributed by atoms with E-state index in [-0.39, 0.29) is 11.3 Å². The van der Waals surface area contributed by atoms with Crippen molar-refractivity contribution in [2.24, 2.45) is 0 Å². The number of rotatable bonds is 4. The van der Waals surface area contributed by atoms with E-state index in [0.29, 0.717) is 5.56 Å². The Hall–Kier alpha value is -2.94. The van der Waals surface area contributed by atoms with Crippen molar-refractivity contribution in [3.05, 3.63) is 57.7 Å². The average molecular weight is 258 g/mol. The van der Waals surface area contributed by atoms with Gasteiger partial charge in [-0.3, -0.25) is 10.1 Å². The van der Waals surface area contributed by atoms with Crippen LogP contribution in [0.2, 0.25) is 0 Å². The van der Waals surface area contributed by atoms with Crippen molar-refractivity contribution in [1.82, 2.24) is 0 Å². The van der Waals surface area contributed by atoms with Gasteiger partial charge in [0.2, 0.25) is 0 Å². The number of carbonyl (C=O) groups excluding carboxylic acids is 1. The van der Waals surface area contributed by atoms with Crippen LogP contribution in [0.1, 0.15) is 5.56 Å². The van der Waals surface area contributed by atoms with Gasteiger partial charge in [-0.25, -0.2) is 4.79 Å². The molecule has 0 saturated carbocycles. The van der Waals surface area contributed by atoms with Crippen LogP contribution in [-0.2, 0) is 9.53 Å². The lowest BCUT2D eigenvalue weighted by Crippen LogP contribution is -2.02. The molecular formula is C13H10N2O4. The quantitative estimate of drug-likeness (QED) is 0.206. The highest BCUT2D eigenvalue weighted by molar-refractivity contribution is 5.93. The standard InChI is InChI=1S/C13H10N2O4/c1-19-13(16)11(9-14)7-4-6-10-5-2-3-8-12(10)15(17)18/h2-8H,1H3. The van der Waals surface area contributed by atoms with Gasteiger partial charge < -0.3 is 4.74 Å². The third-order valence-electron chi connectivity index (χ3n) is 2.20. The maximum absolute atomic E-state index is 11.1. The van der Waals surface area contributed by atoms with E-state index in [2.05, 4.69) is 4.74 Å². The Labute approximate surface area is 109 Å². The van der Waals surface area contributed by atoms with Gasteiger partial charge in [-0.2, -0.15) is 5.26 Å². The van der Waals surface area contributed by atoms with Crippen LogP contribution in [0.5, 0.6) is 0 Å². The van der Waals surface area contributed by atoms with Gasteiger partial charge in [-0.1, -0.05) is 18.2 Å². The summed E-state index contributed by atoms with van der Waals surface area (Å²) in [6, 6.07) is 7.82. The average Bonchev–Trinajstić information content (AvgIpc) is 2.43. The van der Waals surface area contributed by atoms with E-state index in [1.165, 1.54) is 31.4 Å². The lowest BCUT2D eigenvalue weighted by atomic mass is 10.1. The number of nitriles is 1. The summed E-state index contributed by atoms with van der Waals surface area (Å²) in [5.41, 5.74) is 0.145. The first kappa shape index (κ1) is 14.1. The van der Waals surface area contributed by atoms with Crippen LogP contribution in [0, 0.1) is 21.4 Å². The number of benzene rings is 1. The number of hydrogen-bond acceptors (Lipinski definition) is 5. The lowest BCUT2D eigenvalue weighted by Gasteiger charge is -1.96. The van der Waals surface area contributed by atoms with Crippen molar-refractivity contribution in [3.63, 3.8) is 0 Å². The Kier molecular flexibility index (Phi) is 4.99. The summed E-state index contributed by atoms with van der Waals surface area (Å²) in [5.74, 6) is -0.755. The first-order valence-electron chi connectivity index (χ1n) is 5.20. The molecular weight excluding hydrogens is 248 g/mol. The Morgan fingerprint density at radius 3 is 2.74 bits per heavy atom. The van der Waals surface area contributed by atoms with E-state index in [4.69, 9.17) is 5.26 Å². The molecule has 0 aliphatic carbocycles. The summed E-state index contributed by atoms with van der Waals surface area (Å²) < 4.78 is 4.40. The van der Waals surface area contributed by atoms with Crippen molar-refractivity contribution < 1.29 is 14.5 Å². The molecule has 0 saturated heterocycles. The Morgan fingerprint density at radius 1 is 1.47 bits per heavy atom. The van der Waals surface area contributed by atoms with E-state index in [9.17, 15) is 14.9 Å².